The third-order valence-corrected chi connectivity index (χ3v) is 2.92. The molecule has 0 aliphatic carbocycles. The number of nitrogens with zero attached hydrogens (tertiary/aromatic N) is 1. The number of hydrogen-bond acceptors (Lipinski definition) is 3. The number of rotatable bonds is 6. The van der Waals surface area contributed by atoms with E-state index in [0.717, 1.165) is 5.56 Å². The first kappa shape index (κ1) is 15.0. The third-order valence-electron chi connectivity index (χ3n) is 2.92. The highest BCUT2D eigenvalue weighted by molar-refractivity contribution is 5.93. The number of halogens is 1. The minimum Gasteiger partial charge on any atom is -0.491 e. The zero-order chi connectivity index (χ0) is 15.1. The molecule has 1 N–H and O–H groups in total. The molecular weight excluding hydrogens is 271 g/mol. The van der Waals surface area contributed by atoms with Crippen LogP contribution in [-0.4, -0.2) is 24.0 Å². The zero-order valence-electron chi connectivity index (χ0n) is 11.8. The first-order valence-corrected chi connectivity index (χ1v) is 6.80. The monoisotopic (exact) mass is 288 g/mol. The average Bonchev–Trinajstić information content (AvgIpc) is 2.51. The Morgan fingerprint density at radius 1 is 1.38 bits per heavy atom. The van der Waals surface area contributed by atoms with Crippen molar-refractivity contribution in [3.05, 3.63) is 59.7 Å². The van der Waals surface area contributed by atoms with Crippen LogP contribution >= 0.6 is 0 Å². The second-order valence-electron chi connectivity index (χ2n) is 4.45. The Kier molecular flexibility index (Phi) is 5.26. The van der Waals surface area contributed by atoms with Crippen LogP contribution in [0.5, 0.6) is 5.75 Å². The van der Waals surface area contributed by atoms with E-state index < -0.39 is 0 Å². The molecule has 0 radical (unpaired) electrons. The molecule has 4 nitrogen and oxygen atoms in total. The van der Waals surface area contributed by atoms with E-state index in [1.165, 1.54) is 12.3 Å². The van der Waals surface area contributed by atoms with E-state index in [4.69, 9.17) is 4.74 Å². The van der Waals surface area contributed by atoms with Gasteiger partial charge < -0.3 is 10.1 Å². The lowest BCUT2D eigenvalue weighted by Gasteiger charge is -2.08. The summed E-state index contributed by atoms with van der Waals surface area (Å²) in [5.41, 5.74) is 1.32. The fraction of sp³-hybridized carbons (Fsp3) is 0.250. The summed E-state index contributed by atoms with van der Waals surface area (Å²) < 4.78 is 18.8. The van der Waals surface area contributed by atoms with E-state index in [2.05, 4.69) is 10.3 Å². The molecule has 0 spiro atoms. The van der Waals surface area contributed by atoms with Gasteiger partial charge in [0.1, 0.15) is 0 Å². The molecule has 21 heavy (non-hydrogen) atoms. The molecule has 0 saturated carbocycles. The summed E-state index contributed by atoms with van der Waals surface area (Å²) in [4.78, 5) is 15.7. The van der Waals surface area contributed by atoms with E-state index in [-0.39, 0.29) is 17.5 Å². The molecule has 1 amide bonds. The first-order valence-electron chi connectivity index (χ1n) is 6.80. The van der Waals surface area contributed by atoms with Crippen LogP contribution in [-0.2, 0) is 6.42 Å². The molecular formula is C16H17FN2O2. The number of pyridine rings is 1. The molecule has 1 heterocycles. The number of carbonyl (C=O) groups is 1. The number of aromatic nitrogens is 1. The maximum atomic E-state index is 13.7. The second kappa shape index (κ2) is 7.38. The predicted molar refractivity (Wildman–Crippen MR) is 77.8 cm³/mol. The third kappa shape index (κ3) is 4.27. The molecule has 5 heteroatoms. The predicted octanol–water partition coefficient (Wildman–Crippen LogP) is 2.59. The molecule has 0 atom stereocenters. The van der Waals surface area contributed by atoms with Gasteiger partial charge in [0.05, 0.1) is 12.2 Å². The molecule has 0 fully saturated rings. The van der Waals surface area contributed by atoms with Crippen molar-refractivity contribution in [2.45, 2.75) is 13.3 Å². The Labute approximate surface area is 123 Å². The molecule has 0 bridgehead atoms. The second-order valence-corrected chi connectivity index (χ2v) is 4.45. The fourth-order valence-corrected chi connectivity index (χ4v) is 1.89. The standard InChI is InChI=1S/C16H17FN2O2/c1-2-21-15-6-5-12(10-14(15)17)7-9-19-16(20)13-4-3-8-18-11-13/h3-6,8,10-11H,2,7,9H2,1H3,(H,19,20). The Hall–Kier alpha value is -2.43. The summed E-state index contributed by atoms with van der Waals surface area (Å²) in [5.74, 6) is -0.317. The first-order chi connectivity index (χ1) is 10.2. The lowest BCUT2D eigenvalue weighted by Crippen LogP contribution is -2.25. The summed E-state index contributed by atoms with van der Waals surface area (Å²) in [6, 6.07) is 8.23. The maximum Gasteiger partial charge on any atom is 0.252 e. The van der Waals surface area contributed by atoms with Gasteiger partial charge in [-0.05, 0) is 43.2 Å². The Morgan fingerprint density at radius 3 is 2.90 bits per heavy atom. The highest BCUT2D eigenvalue weighted by Gasteiger charge is 2.06. The lowest BCUT2D eigenvalue weighted by atomic mass is 10.1. The molecule has 0 aliphatic rings. The Bertz CT molecular complexity index is 602. The number of nitrogens with one attached hydrogen (secondary N) is 1. The van der Waals surface area contributed by atoms with Crippen molar-refractivity contribution < 1.29 is 13.9 Å². The van der Waals surface area contributed by atoms with Crippen molar-refractivity contribution >= 4 is 5.91 Å². The van der Waals surface area contributed by atoms with Gasteiger partial charge in [-0.3, -0.25) is 9.78 Å². The van der Waals surface area contributed by atoms with Crippen molar-refractivity contribution in [1.82, 2.24) is 10.3 Å². The van der Waals surface area contributed by atoms with Gasteiger partial charge in [-0.2, -0.15) is 0 Å². The average molecular weight is 288 g/mol. The van der Waals surface area contributed by atoms with Gasteiger partial charge in [0.2, 0.25) is 0 Å². The SMILES string of the molecule is CCOc1ccc(CCNC(=O)c2cccnc2)cc1F. The van der Waals surface area contributed by atoms with Crippen molar-refractivity contribution in [2.24, 2.45) is 0 Å². The van der Waals surface area contributed by atoms with Gasteiger partial charge in [-0.15, -0.1) is 0 Å². The molecule has 2 rings (SSSR count). The fourth-order valence-electron chi connectivity index (χ4n) is 1.89. The van der Waals surface area contributed by atoms with Gasteiger partial charge in [0.25, 0.3) is 5.91 Å². The van der Waals surface area contributed by atoms with Crippen molar-refractivity contribution in [2.75, 3.05) is 13.2 Å². The smallest absolute Gasteiger partial charge is 0.252 e. The van der Waals surface area contributed by atoms with Crippen LogP contribution in [0.25, 0.3) is 0 Å². The van der Waals surface area contributed by atoms with Crippen LogP contribution in [0, 0.1) is 5.82 Å². The number of ether oxygens (including phenoxy) is 1. The number of amides is 1. The number of hydrogen-bond donors (Lipinski definition) is 1. The van der Waals surface area contributed by atoms with Gasteiger partial charge >= 0.3 is 0 Å². The van der Waals surface area contributed by atoms with Crippen molar-refractivity contribution in [3.8, 4) is 5.75 Å². The van der Waals surface area contributed by atoms with E-state index in [1.54, 1.807) is 37.4 Å². The van der Waals surface area contributed by atoms with E-state index in [1.807, 2.05) is 0 Å². The Morgan fingerprint density at radius 2 is 2.24 bits per heavy atom. The lowest BCUT2D eigenvalue weighted by molar-refractivity contribution is 0.0954. The van der Waals surface area contributed by atoms with Gasteiger partial charge in [0, 0.05) is 18.9 Å². The largest absolute Gasteiger partial charge is 0.491 e. The number of benzene rings is 1. The minimum absolute atomic E-state index is 0.186. The summed E-state index contributed by atoms with van der Waals surface area (Å²) in [6.07, 6.45) is 3.67. The molecule has 0 unspecified atom stereocenters. The summed E-state index contributed by atoms with van der Waals surface area (Å²) in [7, 11) is 0. The zero-order valence-corrected chi connectivity index (χ0v) is 11.8. The van der Waals surface area contributed by atoms with Gasteiger partial charge in [-0.1, -0.05) is 6.07 Å². The van der Waals surface area contributed by atoms with Crippen LogP contribution in [0.1, 0.15) is 22.8 Å². The van der Waals surface area contributed by atoms with E-state index in [9.17, 15) is 9.18 Å². The highest BCUT2D eigenvalue weighted by Crippen LogP contribution is 2.18. The molecule has 1 aromatic heterocycles. The van der Waals surface area contributed by atoms with Crippen LogP contribution in [0.4, 0.5) is 4.39 Å². The molecule has 2 aromatic rings. The van der Waals surface area contributed by atoms with E-state index >= 15 is 0 Å². The van der Waals surface area contributed by atoms with Crippen molar-refractivity contribution in [1.29, 1.82) is 0 Å². The highest BCUT2D eigenvalue weighted by atomic mass is 19.1. The topological polar surface area (TPSA) is 51.2 Å². The van der Waals surface area contributed by atoms with Gasteiger partial charge in [-0.25, -0.2) is 4.39 Å². The van der Waals surface area contributed by atoms with Crippen LogP contribution < -0.4 is 10.1 Å². The summed E-state index contributed by atoms with van der Waals surface area (Å²) >= 11 is 0. The number of carbonyl (C=O) groups excluding carboxylic acids is 1. The van der Waals surface area contributed by atoms with Crippen molar-refractivity contribution in [3.63, 3.8) is 0 Å². The van der Waals surface area contributed by atoms with Crippen LogP contribution in [0.2, 0.25) is 0 Å². The van der Waals surface area contributed by atoms with Crippen LogP contribution in [0.15, 0.2) is 42.7 Å². The van der Waals surface area contributed by atoms with Crippen LogP contribution in [0.3, 0.4) is 0 Å². The van der Waals surface area contributed by atoms with Gasteiger partial charge in [0.15, 0.2) is 11.6 Å². The molecule has 1 aromatic carbocycles. The molecule has 0 saturated heterocycles. The Balaban J connectivity index is 1.86. The normalized spacial score (nSPS) is 10.2. The summed E-state index contributed by atoms with van der Waals surface area (Å²) in [6.45, 7) is 2.67. The summed E-state index contributed by atoms with van der Waals surface area (Å²) in [5, 5.41) is 2.77. The molecule has 0 aliphatic heterocycles. The molecule has 110 valence electrons. The van der Waals surface area contributed by atoms with E-state index in [0.29, 0.717) is 25.1 Å². The maximum absolute atomic E-state index is 13.7. The minimum atomic E-state index is -0.382. The quantitative estimate of drug-likeness (QED) is 0.889.